The molecule has 0 aliphatic rings. The van der Waals surface area contributed by atoms with Crippen LogP contribution in [0.5, 0.6) is 5.75 Å². The lowest BCUT2D eigenvalue weighted by Crippen LogP contribution is -2.22. The van der Waals surface area contributed by atoms with Gasteiger partial charge in [0, 0.05) is 0 Å². The van der Waals surface area contributed by atoms with E-state index in [-0.39, 0.29) is 18.2 Å². The monoisotopic (exact) mass is 299 g/mol. The van der Waals surface area contributed by atoms with E-state index in [1.54, 1.807) is 19.2 Å². The molecule has 2 aromatic heterocycles. The lowest BCUT2D eigenvalue weighted by Gasteiger charge is -2.03. The summed E-state index contributed by atoms with van der Waals surface area (Å²) in [5.74, 6) is 1.22. The first kappa shape index (κ1) is 13.9. The van der Waals surface area contributed by atoms with Crippen molar-refractivity contribution in [1.29, 1.82) is 0 Å². The molecule has 1 aromatic carbocycles. The van der Waals surface area contributed by atoms with E-state index in [4.69, 9.17) is 13.7 Å². The van der Waals surface area contributed by atoms with E-state index >= 15 is 0 Å². The molecular weight excluding hydrogens is 286 g/mol. The Labute approximate surface area is 125 Å². The van der Waals surface area contributed by atoms with Gasteiger partial charge in [0.2, 0.25) is 11.7 Å². The van der Waals surface area contributed by atoms with Gasteiger partial charge in [-0.25, -0.2) is 0 Å². The van der Waals surface area contributed by atoms with E-state index in [1.807, 2.05) is 24.3 Å². The van der Waals surface area contributed by atoms with Crippen molar-refractivity contribution in [2.45, 2.75) is 6.54 Å². The molecule has 0 saturated heterocycles. The second-order valence-corrected chi connectivity index (χ2v) is 4.37. The van der Waals surface area contributed by atoms with Gasteiger partial charge in [0.1, 0.15) is 5.75 Å². The summed E-state index contributed by atoms with van der Waals surface area (Å²) >= 11 is 0. The molecule has 7 heteroatoms. The number of aromatic nitrogens is 2. The number of benzene rings is 1. The number of carbonyl (C=O) groups excluding carboxylic acids is 1. The fourth-order valence-electron chi connectivity index (χ4n) is 1.92. The van der Waals surface area contributed by atoms with Gasteiger partial charge in [0.05, 0.1) is 25.5 Å². The molecule has 0 saturated carbocycles. The van der Waals surface area contributed by atoms with Gasteiger partial charge in [-0.05, 0) is 24.3 Å². The molecule has 7 nitrogen and oxygen atoms in total. The van der Waals surface area contributed by atoms with Crippen LogP contribution in [-0.4, -0.2) is 23.2 Å². The van der Waals surface area contributed by atoms with Crippen molar-refractivity contribution in [3.8, 4) is 17.1 Å². The van der Waals surface area contributed by atoms with Gasteiger partial charge < -0.3 is 19.0 Å². The van der Waals surface area contributed by atoms with E-state index in [1.165, 1.54) is 6.26 Å². The number of rotatable bonds is 5. The van der Waals surface area contributed by atoms with Crippen LogP contribution in [-0.2, 0) is 6.54 Å². The zero-order chi connectivity index (χ0) is 15.4. The minimum atomic E-state index is -0.345. The van der Waals surface area contributed by atoms with Gasteiger partial charge in [-0.15, -0.1) is 0 Å². The summed E-state index contributed by atoms with van der Waals surface area (Å²) in [6.45, 7) is 0.113. The predicted octanol–water partition coefficient (Wildman–Crippen LogP) is 2.27. The highest BCUT2D eigenvalue weighted by Crippen LogP contribution is 2.26. The van der Waals surface area contributed by atoms with Crippen LogP contribution in [0.3, 0.4) is 0 Å². The average Bonchev–Trinajstić information content (AvgIpc) is 3.24. The second kappa shape index (κ2) is 6.13. The highest BCUT2D eigenvalue weighted by molar-refractivity contribution is 5.91. The molecule has 0 bridgehead atoms. The molecule has 112 valence electrons. The standard InChI is InChI=1S/C15H13N3O4/c1-20-11-6-3-2-5-10(11)14-17-13(22-18-14)9-16-15(19)12-7-4-8-21-12/h2-8H,9H2,1H3,(H,16,19). The van der Waals surface area contributed by atoms with Crippen molar-refractivity contribution in [1.82, 2.24) is 15.5 Å². The van der Waals surface area contributed by atoms with Crippen LogP contribution < -0.4 is 10.1 Å². The molecule has 0 unspecified atom stereocenters. The van der Waals surface area contributed by atoms with Crippen LogP contribution in [0.1, 0.15) is 16.4 Å². The Morgan fingerprint density at radius 2 is 2.14 bits per heavy atom. The summed E-state index contributed by atoms with van der Waals surface area (Å²) in [5.41, 5.74) is 0.720. The third-order valence-electron chi connectivity index (χ3n) is 2.96. The number of nitrogens with one attached hydrogen (secondary N) is 1. The van der Waals surface area contributed by atoms with E-state index in [9.17, 15) is 4.79 Å². The normalized spacial score (nSPS) is 10.4. The number of furan rings is 1. The van der Waals surface area contributed by atoms with Gasteiger partial charge in [-0.2, -0.15) is 4.98 Å². The first-order chi connectivity index (χ1) is 10.8. The maximum atomic E-state index is 11.7. The molecule has 0 spiro atoms. The van der Waals surface area contributed by atoms with Crippen LogP contribution in [0.4, 0.5) is 0 Å². The Balaban J connectivity index is 1.70. The van der Waals surface area contributed by atoms with Crippen molar-refractivity contribution in [2.75, 3.05) is 7.11 Å². The largest absolute Gasteiger partial charge is 0.496 e. The maximum Gasteiger partial charge on any atom is 0.287 e. The van der Waals surface area contributed by atoms with E-state index in [0.717, 1.165) is 5.56 Å². The number of methoxy groups -OCH3 is 1. The smallest absolute Gasteiger partial charge is 0.287 e. The summed E-state index contributed by atoms with van der Waals surface area (Å²) in [6.07, 6.45) is 1.43. The van der Waals surface area contributed by atoms with Crippen LogP contribution in [0.25, 0.3) is 11.4 Å². The predicted molar refractivity (Wildman–Crippen MR) is 76.2 cm³/mol. The lowest BCUT2D eigenvalue weighted by molar-refractivity contribution is 0.0918. The molecule has 3 aromatic rings. The summed E-state index contributed by atoms with van der Waals surface area (Å²) in [6, 6.07) is 10.6. The molecule has 2 heterocycles. The van der Waals surface area contributed by atoms with Gasteiger partial charge in [0.15, 0.2) is 5.76 Å². The number of nitrogens with zero attached hydrogens (tertiary/aromatic N) is 2. The molecule has 0 radical (unpaired) electrons. The number of carbonyl (C=O) groups is 1. The topological polar surface area (TPSA) is 90.4 Å². The van der Waals surface area contributed by atoms with Gasteiger partial charge in [-0.1, -0.05) is 17.3 Å². The van der Waals surface area contributed by atoms with Crippen LogP contribution in [0.2, 0.25) is 0 Å². The van der Waals surface area contributed by atoms with Crippen LogP contribution in [0.15, 0.2) is 51.6 Å². The molecule has 0 fully saturated rings. The Hall–Kier alpha value is -3.09. The first-order valence-electron chi connectivity index (χ1n) is 6.55. The van der Waals surface area contributed by atoms with Crippen molar-refractivity contribution in [2.24, 2.45) is 0 Å². The van der Waals surface area contributed by atoms with Crippen molar-refractivity contribution in [3.63, 3.8) is 0 Å². The van der Waals surface area contributed by atoms with Crippen molar-refractivity contribution >= 4 is 5.91 Å². The molecule has 1 N–H and O–H groups in total. The molecule has 1 amide bonds. The number of hydrogen-bond donors (Lipinski definition) is 1. The Morgan fingerprint density at radius 3 is 2.91 bits per heavy atom. The van der Waals surface area contributed by atoms with Gasteiger partial charge in [-0.3, -0.25) is 4.79 Å². The quantitative estimate of drug-likeness (QED) is 0.777. The minimum absolute atomic E-state index is 0.113. The second-order valence-electron chi connectivity index (χ2n) is 4.37. The average molecular weight is 299 g/mol. The third-order valence-corrected chi connectivity index (χ3v) is 2.96. The highest BCUT2D eigenvalue weighted by atomic mass is 16.5. The minimum Gasteiger partial charge on any atom is -0.496 e. The summed E-state index contributed by atoms with van der Waals surface area (Å²) in [4.78, 5) is 16.0. The molecular formula is C15H13N3O4. The SMILES string of the molecule is COc1ccccc1-c1noc(CNC(=O)c2ccco2)n1. The third kappa shape index (κ3) is 2.83. The number of amides is 1. The highest BCUT2D eigenvalue weighted by Gasteiger charge is 2.14. The summed E-state index contributed by atoms with van der Waals surface area (Å²) in [7, 11) is 1.57. The Bertz CT molecular complexity index is 765. The Morgan fingerprint density at radius 1 is 1.27 bits per heavy atom. The van der Waals surface area contributed by atoms with E-state index in [2.05, 4.69) is 15.5 Å². The van der Waals surface area contributed by atoms with Crippen LogP contribution >= 0.6 is 0 Å². The zero-order valence-electron chi connectivity index (χ0n) is 11.8. The molecule has 0 atom stereocenters. The maximum absolute atomic E-state index is 11.7. The molecule has 22 heavy (non-hydrogen) atoms. The molecule has 0 aliphatic heterocycles. The lowest BCUT2D eigenvalue weighted by atomic mass is 10.2. The summed E-state index contributed by atoms with van der Waals surface area (Å²) < 4.78 is 15.4. The van der Waals surface area contributed by atoms with Crippen molar-refractivity contribution in [3.05, 3.63) is 54.3 Å². The van der Waals surface area contributed by atoms with Crippen LogP contribution in [0, 0.1) is 0 Å². The number of para-hydroxylation sites is 1. The van der Waals surface area contributed by atoms with E-state index in [0.29, 0.717) is 17.5 Å². The first-order valence-corrected chi connectivity index (χ1v) is 6.55. The fourth-order valence-corrected chi connectivity index (χ4v) is 1.92. The Kier molecular flexibility index (Phi) is 3.86. The zero-order valence-corrected chi connectivity index (χ0v) is 11.8. The van der Waals surface area contributed by atoms with E-state index < -0.39 is 0 Å². The van der Waals surface area contributed by atoms with Gasteiger partial charge in [0.25, 0.3) is 5.91 Å². The number of ether oxygens (including phenoxy) is 1. The molecule has 0 aliphatic carbocycles. The molecule has 3 rings (SSSR count). The summed E-state index contributed by atoms with van der Waals surface area (Å²) in [5, 5.41) is 6.53. The van der Waals surface area contributed by atoms with Gasteiger partial charge >= 0.3 is 0 Å². The number of hydrogen-bond acceptors (Lipinski definition) is 6. The van der Waals surface area contributed by atoms with Crippen molar-refractivity contribution < 1.29 is 18.5 Å². The fraction of sp³-hybridized carbons (Fsp3) is 0.133.